The molecular formula is C20H28N4O4S2. The van der Waals surface area contributed by atoms with Gasteiger partial charge >= 0.3 is 0 Å². The highest BCUT2D eigenvalue weighted by Gasteiger charge is 2.27. The zero-order chi connectivity index (χ0) is 22.5. The van der Waals surface area contributed by atoms with Gasteiger partial charge in [0.25, 0.3) is 5.91 Å². The number of carbonyl (C=O) groups is 2. The number of rotatable bonds is 9. The zero-order valence-corrected chi connectivity index (χ0v) is 19.4. The third kappa shape index (κ3) is 5.65. The van der Waals surface area contributed by atoms with Crippen molar-refractivity contribution in [1.29, 1.82) is 0 Å². The van der Waals surface area contributed by atoms with E-state index >= 15 is 0 Å². The predicted molar refractivity (Wildman–Crippen MR) is 118 cm³/mol. The number of aromatic nitrogens is 1. The number of benzene rings is 1. The van der Waals surface area contributed by atoms with Crippen LogP contribution in [0.4, 0.5) is 5.13 Å². The van der Waals surface area contributed by atoms with Gasteiger partial charge in [-0.2, -0.15) is 4.31 Å². The van der Waals surface area contributed by atoms with Gasteiger partial charge in [-0.25, -0.2) is 13.4 Å². The van der Waals surface area contributed by atoms with Gasteiger partial charge in [-0.15, -0.1) is 11.3 Å². The maximum Gasteiger partial charge on any atom is 0.251 e. The van der Waals surface area contributed by atoms with Crippen molar-refractivity contribution in [2.45, 2.75) is 45.6 Å². The second-order valence-corrected chi connectivity index (χ2v) is 9.89. The number of thiazole rings is 1. The van der Waals surface area contributed by atoms with Gasteiger partial charge in [-0.05, 0) is 31.0 Å². The van der Waals surface area contributed by atoms with Crippen LogP contribution in [0.5, 0.6) is 0 Å². The highest BCUT2D eigenvalue weighted by Crippen LogP contribution is 2.18. The van der Waals surface area contributed by atoms with E-state index in [0.29, 0.717) is 18.2 Å². The number of anilines is 1. The molecule has 1 aromatic carbocycles. The van der Waals surface area contributed by atoms with Crippen LogP contribution < -0.4 is 10.6 Å². The average molecular weight is 453 g/mol. The first-order chi connectivity index (χ1) is 14.1. The summed E-state index contributed by atoms with van der Waals surface area (Å²) in [5.41, 5.74) is 0.971. The molecule has 0 radical (unpaired) electrons. The van der Waals surface area contributed by atoms with Crippen molar-refractivity contribution in [3.8, 4) is 0 Å². The van der Waals surface area contributed by atoms with Gasteiger partial charge in [-0.3, -0.25) is 9.59 Å². The molecule has 0 fully saturated rings. The SMILES string of the molecule is CCN(CC)S(=O)(=O)c1cccc(C(=O)NC(C(=O)Nc2nc(C)cs2)C(C)C)c1. The highest BCUT2D eigenvalue weighted by atomic mass is 32.2. The van der Waals surface area contributed by atoms with Crippen molar-refractivity contribution in [2.24, 2.45) is 5.92 Å². The van der Waals surface area contributed by atoms with E-state index in [-0.39, 0.29) is 22.3 Å². The van der Waals surface area contributed by atoms with Gasteiger partial charge in [0.1, 0.15) is 6.04 Å². The van der Waals surface area contributed by atoms with E-state index in [9.17, 15) is 18.0 Å². The average Bonchev–Trinajstić information content (AvgIpc) is 3.10. The molecular weight excluding hydrogens is 424 g/mol. The number of amides is 2. The standard InChI is InChI=1S/C20H28N4O4S2/c1-6-24(7-2)30(27,28)16-10-8-9-15(11-16)18(25)22-17(13(3)4)19(26)23-20-21-14(5)12-29-20/h8-13,17H,6-7H2,1-5H3,(H,22,25)(H,21,23,26). The number of hydrogen-bond donors (Lipinski definition) is 2. The Hall–Kier alpha value is -2.30. The molecule has 0 aliphatic heterocycles. The van der Waals surface area contributed by atoms with E-state index in [1.54, 1.807) is 13.8 Å². The molecule has 164 valence electrons. The highest BCUT2D eigenvalue weighted by molar-refractivity contribution is 7.89. The first-order valence-electron chi connectivity index (χ1n) is 9.74. The Balaban J connectivity index is 2.21. The molecule has 0 aliphatic rings. The van der Waals surface area contributed by atoms with Gasteiger partial charge in [0.2, 0.25) is 15.9 Å². The van der Waals surface area contributed by atoms with Crippen molar-refractivity contribution in [3.63, 3.8) is 0 Å². The van der Waals surface area contributed by atoms with Crippen LogP contribution in [0.2, 0.25) is 0 Å². The monoisotopic (exact) mass is 452 g/mol. The minimum Gasteiger partial charge on any atom is -0.340 e. The number of aryl methyl sites for hydroxylation is 1. The van der Waals surface area contributed by atoms with Crippen molar-refractivity contribution in [3.05, 3.63) is 40.9 Å². The van der Waals surface area contributed by atoms with Gasteiger partial charge in [0, 0.05) is 24.0 Å². The second-order valence-electron chi connectivity index (χ2n) is 7.10. The molecule has 1 aromatic heterocycles. The molecule has 0 saturated carbocycles. The lowest BCUT2D eigenvalue weighted by Gasteiger charge is -2.22. The van der Waals surface area contributed by atoms with E-state index < -0.39 is 22.0 Å². The Bertz CT molecular complexity index is 998. The van der Waals surface area contributed by atoms with Crippen molar-refractivity contribution in [1.82, 2.24) is 14.6 Å². The Morgan fingerprint density at radius 1 is 1.20 bits per heavy atom. The number of nitrogens with one attached hydrogen (secondary N) is 2. The molecule has 0 aliphatic carbocycles. The summed E-state index contributed by atoms with van der Waals surface area (Å²) in [7, 11) is -3.69. The van der Waals surface area contributed by atoms with Crippen LogP contribution in [-0.2, 0) is 14.8 Å². The molecule has 2 N–H and O–H groups in total. The molecule has 1 unspecified atom stereocenters. The fraction of sp³-hybridized carbons (Fsp3) is 0.450. The Morgan fingerprint density at radius 3 is 2.40 bits per heavy atom. The van der Waals surface area contributed by atoms with Crippen LogP contribution in [0.1, 0.15) is 43.7 Å². The van der Waals surface area contributed by atoms with Crippen LogP contribution >= 0.6 is 11.3 Å². The summed E-state index contributed by atoms with van der Waals surface area (Å²) in [4.78, 5) is 29.7. The number of nitrogens with zero attached hydrogens (tertiary/aromatic N) is 2. The molecule has 0 bridgehead atoms. The summed E-state index contributed by atoms with van der Waals surface area (Å²) in [5, 5.41) is 7.71. The lowest BCUT2D eigenvalue weighted by Crippen LogP contribution is -2.47. The molecule has 2 amide bonds. The lowest BCUT2D eigenvalue weighted by molar-refractivity contribution is -0.118. The number of carbonyl (C=O) groups excluding carboxylic acids is 2. The van der Waals surface area contributed by atoms with Crippen LogP contribution in [0.25, 0.3) is 0 Å². The lowest BCUT2D eigenvalue weighted by atomic mass is 10.0. The van der Waals surface area contributed by atoms with Crippen molar-refractivity contribution in [2.75, 3.05) is 18.4 Å². The van der Waals surface area contributed by atoms with Gasteiger partial charge in [-0.1, -0.05) is 33.8 Å². The molecule has 0 saturated heterocycles. The van der Waals surface area contributed by atoms with Gasteiger partial charge in [0.15, 0.2) is 5.13 Å². The van der Waals surface area contributed by atoms with Crippen LogP contribution in [0, 0.1) is 12.8 Å². The Labute approximate surface area is 181 Å². The quantitative estimate of drug-likeness (QED) is 0.608. The summed E-state index contributed by atoms with van der Waals surface area (Å²) < 4.78 is 26.8. The molecule has 2 rings (SSSR count). The predicted octanol–water partition coefficient (Wildman–Crippen LogP) is 2.88. The van der Waals surface area contributed by atoms with Crippen LogP contribution in [0.15, 0.2) is 34.5 Å². The van der Waals surface area contributed by atoms with Crippen LogP contribution in [0.3, 0.4) is 0 Å². The van der Waals surface area contributed by atoms with Crippen molar-refractivity contribution >= 4 is 38.3 Å². The summed E-state index contributed by atoms with van der Waals surface area (Å²) in [6, 6.07) is 5.04. The zero-order valence-electron chi connectivity index (χ0n) is 17.8. The number of sulfonamides is 1. The molecule has 0 spiro atoms. The summed E-state index contributed by atoms with van der Waals surface area (Å²) in [6.07, 6.45) is 0. The van der Waals surface area contributed by atoms with Gasteiger partial charge in [0.05, 0.1) is 10.6 Å². The minimum atomic E-state index is -3.69. The summed E-state index contributed by atoms with van der Waals surface area (Å²) in [5.74, 6) is -1.08. The maximum atomic E-state index is 12.8. The Kier molecular flexibility index (Phi) is 8.10. The normalized spacial score (nSPS) is 12.8. The van der Waals surface area contributed by atoms with E-state index in [2.05, 4.69) is 15.6 Å². The largest absolute Gasteiger partial charge is 0.340 e. The third-order valence-corrected chi connectivity index (χ3v) is 7.45. The molecule has 30 heavy (non-hydrogen) atoms. The molecule has 10 heteroatoms. The van der Waals surface area contributed by atoms with E-state index in [4.69, 9.17) is 0 Å². The van der Waals surface area contributed by atoms with Crippen molar-refractivity contribution < 1.29 is 18.0 Å². The third-order valence-electron chi connectivity index (χ3n) is 4.52. The Morgan fingerprint density at radius 2 is 1.87 bits per heavy atom. The molecule has 2 aromatic rings. The van der Waals surface area contributed by atoms with Crippen LogP contribution in [-0.4, -0.2) is 48.7 Å². The first kappa shape index (κ1) is 24.0. The molecule has 1 atom stereocenters. The summed E-state index contributed by atoms with van der Waals surface area (Å²) >= 11 is 1.31. The summed E-state index contributed by atoms with van der Waals surface area (Å²) in [6.45, 7) is 9.65. The first-order valence-corrected chi connectivity index (χ1v) is 12.1. The molecule has 8 nitrogen and oxygen atoms in total. The fourth-order valence-corrected chi connectivity index (χ4v) is 5.06. The second kappa shape index (κ2) is 10.1. The van der Waals surface area contributed by atoms with E-state index in [0.717, 1.165) is 5.69 Å². The maximum absolute atomic E-state index is 12.8. The number of hydrogen-bond acceptors (Lipinski definition) is 6. The smallest absolute Gasteiger partial charge is 0.251 e. The van der Waals surface area contributed by atoms with Gasteiger partial charge < -0.3 is 10.6 Å². The molecule has 1 heterocycles. The topological polar surface area (TPSA) is 108 Å². The van der Waals surface area contributed by atoms with E-state index in [1.165, 1.54) is 39.9 Å². The van der Waals surface area contributed by atoms with E-state index in [1.807, 2.05) is 26.2 Å². The minimum absolute atomic E-state index is 0.0441. The fourth-order valence-electron chi connectivity index (χ4n) is 2.86.